The summed E-state index contributed by atoms with van der Waals surface area (Å²) in [7, 11) is 0. The Labute approximate surface area is 115 Å². The average molecular weight is 254 g/mol. The largest absolute Gasteiger partial charge is 0.311 e. The fourth-order valence-electron chi connectivity index (χ4n) is 3.14. The molecule has 2 nitrogen and oxygen atoms in total. The standard InChI is InChI=1S/C16H34N2/c1-8-14-10-17-15(16(5,6)7)11-18(14)13(4)9-12(2)3/h12-15,17H,8-11H2,1-7H3. The third kappa shape index (κ3) is 4.24. The molecule has 1 fully saturated rings. The Morgan fingerprint density at radius 1 is 1.22 bits per heavy atom. The van der Waals surface area contributed by atoms with Gasteiger partial charge in [-0.3, -0.25) is 4.90 Å². The van der Waals surface area contributed by atoms with E-state index in [1.165, 1.54) is 19.4 Å². The summed E-state index contributed by atoms with van der Waals surface area (Å²) in [5.74, 6) is 0.792. The van der Waals surface area contributed by atoms with E-state index in [2.05, 4.69) is 58.7 Å². The van der Waals surface area contributed by atoms with Gasteiger partial charge in [-0.05, 0) is 31.1 Å². The predicted molar refractivity (Wildman–Crippen MR) is 80.9 cm³/mol. The van der Waals surface area contributed by atoms with Crippen molar-refractivity contribution >= 4 is 0 Å². The fraction of sp³-hybridized carbons (Fsp3) is 1.00. The van der Waals surface area contributed by atoms with Crippen molar-refractivity contribution in [1.82, 2.24) is 10.2 Å². The van der Waals surface area contributed by atoms with Gasteiger partial charge in [-0.2, -0.15) is 0 Å². The van der Waals surface area contributed by atoms with Crippen molar-refractivity contribution in [3.8, 4) is 0 Å². The third-order valence-corrected chi connectivity index (χ3v) is 4.36. The maximum Gasteiger partial charge on any atom is 0.0244 e. The minimum Gasteiger partial charge on any atom is -0.311 e. The van der Waals surface area contributed by atoms with Crippen LogP contribution in [0, 0.1) is 11.3 Å². The summed E-state index contributed by atoms with van der Waals surface area (Å²) in [5.41, 5.74) is 0.356. The van der Waals surface area contributed by atoms with Crippen LogP contribution in [-0.2, 0) is 0 Å². The van der Waals surface area contributed by atoms with E-state index in [1.807, 2.05) is 0 Å². The minimum absolute atomic E-state index is 0.356. The van der Waals surface area contributed by atoms with E-state index in [1.54, 1.807) is 0 Å². The molecular weight excluding hydrogens is 220 g/mol. The monoisotopic (exact) mass is 254 g/mol. The molecule has 1 aliphatic rings. The second-order valence-electron chi connectivity index (χ2n) is 7.56. The molecule has 1 aliphatic heterocycles. The van der Waals surface area contributed by atoms with Crippen LogP contribution < -0.4 is 5.32 Å². The van der Waals surface area contributed by atoms with E-state index >= 15 is 0 Å². The molecule has 3 atom stereocenters. The van der Waals surface area contributed by atoms with Gasteiger partial charge in [0.25, 0.3) is 0 Å². The molecule has 1 rings (SSSR count). The van der Waals surface area contributed by atoms with E-state index in [-0.39, 0.29) is 0 Å². The van der Waals surface area contributed by atoms with Crippen molar-refractivity contribution in [3.05, 3.63) is 0 Å². The van der Waals surface area contributed by atoms with Crippen molar-refractivity contribution in [1.29, 1.82) is 0 Å². The Balaban J connectivity index is 2.70. The first-order valence-electron chi connectivity index (χ1n) is 7.74. The molecule has 0 bridgehead atoms. The van der Waals surface area contributed by atoms with Crippen LogP contribution in [0.25, 0.3) is 0 Å². The van der Waals surface area contributed by atoms with Crippen LogP contribution in [0.15, 0.2) is 0 Å². The summed E-state index contributed by atoms with van der Waals surface area (Å²) < 4.78 is 0. The van der Waals surface area contributed by atoms with Gasteiger partial charge in [0.2, 0.25) is 0 Å². The molecule has 3 unspecified atom stereocenters. The lowest BCUT2D eigenvalue weighted by molar-refractivity contribution is 0.0464. The first kappa shape index (κ1) is 16.0. The molecule has 0 radical (unpaired) electrons. The van der Waals surface area contributed by atoms with Crippen LogP contribution in [0.5, 0.6) is 0 Å². The highest BCUT2D eigenvalue weighted by Gasteiger charge is 2.35. The topological polar surface area (TPSA) is 15.3 Å². The normalized spacial score (nSPS) is 28.7. The third-order valence-electron chi connectivity index (χ3n) is 4.36. The number of hydrogen-bond acceptors (Lipinski definition) is 2. The highest BCUT2D eigenvalue weighted by molar-refractivity contribution is 4.93. The zero-order valence-electron chi connectivity index (χ0n) is 13.6. The highest BCUT2D eigenvalue weighted by Crippen LogP contribution is 2.26. The number of piperazine rings is 1. The van der Waals surface area contributed by atoms with Gasteiger partial charge < -0.3 is 5.32 Å². The molecule has 1 saturated heterocycles. The molecule has 0 saturated carbocycles. The van der Waals surface area contributed by atoms with Crippen molar-refractivity contribution in [2.45, 2.75) is 79.4 Å². The molecule has 0 aliphatic carbocycles. The van der Waals surface area contributed by atoms with Gasteiger partial charge in [0.15, 0.2) is 0 Å². The number of nitrogens with zero attached hydrogens (tertiary/aromatic N) is 1. The van der Waals surface area contributed by atoms with Crippen molar-refractivity contribution in [3.63, 3.8) is 0 Å². The zero-order valence-corrected chi connectivity index (χ0v) is 13.6. The van der Waals surface area contributed by atoms with Gasteiger partial charge >= 0.3 is 0 Å². The van der Waals surface area contributed by atoms with E-state index < -0.39 is 0 Å². The second-order valence-corrected chi connectivity index (χ2v) is 7.56. The zero-order chi connectivity index (χ0) is 13.9. The molecule has 0 aromatic carbocycles. The van der Waals surface area contributed by atoms with Crippen LogP contribution in [-0.4, -0.2) is 36.1 Å². The smallest absolute Gasteiger partial charge is 0.0244 e. The summed E-state index contributed by atoms with van der Waals surface area (Å²) in [6.07, 6.45) is 2.57. The maximum atomic E-state index is 3.76. The molecule has 0 aromatic rings. The molecule has 0 spiro atoms. The van der Waals surface area contributed by atoms with E-state index in [9.17, 15) is 0 Å². The summed E-state index contributed by atoms with van der Waals surface area (Å²) in [6.45, 7) is 18.8. The minimum atomic E-state index is 0.356. The van der Waals surface area contributed by atoms with Gasteiger partial charge in [-0.25, -0.2) is 0 Å². The lowest BCUT2D eigenvalue weighted by Crippen LogP contribution is -2.62. The van der Waals surface area contributed by atoms with Gasteiger partial charge in [0.05, 0.1) is 0 Å². The van der Waals surface area contributed by atoms with Crippen LogP contribution in [0.4, 0.5) is 0 Å². The molecule has 18 heavy (non-hydrogen) atoms. The van der Waals surface area contributed by atoms with Gasteiger partial charge in [-0.15, -0.1) is 0 Å². The number of nitrogens with one attached hydrogen (secondary N) is 1. The maximum absolute atomic E-state index is 3.76. The molecule has 108 valence electrons. The number of rotatable bonds is 4. The highest BCUT2D eigenvalue weighted by atomic mass is 15.3. The Morgan fingerprint density at radius 2 is 1.83 bits per heavy atom. The summed E-state index contributed by atoms with van der Waals surface area (Å²) in [6, 6.07) is 2.05. The van der Waals surface area contributed by atoms with Gasteiger partial charge in [0.1, 0.15) is 0 Å². The summed E-state index contributed by atoms with van der Waals surface area (Å²) >= 11 is 0. The average Bonchev–Trinajstić information content (AvgIpc) is 2.26. The SMILES string of the molecule is CCC1CNC(C(C)(C)C)CN1C(C)CC(C)C. The summed E-state index contributed by atoms with van der Waals surface area (Å²) in [4.78, 5) is 2.76. The lowest BCUT2D eigenvalue weighted by Gasteiger charge is -2.47. The first-order valence-corrected chi connectivity index (χ1v) is 7.74. The van der Waals surface area contributed by atoms with Gasteiger partial charge in [-0.1, -0.05) is 41.5 Å². The van der Waals surface area contributed by atoms with Crippen LogP contribution >= 0.6 is 0 Å². The molecule has 0 amide bonds. The first-order chi connectivity index (χ1) is 8.25. The second kappa shape index (κ2) is 6.38. The lowest BCUT2D eigenvalue weighted by atomic mass is 9.83. The van der Waals surface area contributed by atoms with Crippen molar-refractivity contribution < 1.29 is 0 Å². The fourth-order valence-corrected chi connectivity index (χ4v) is 3.14. The molecule has 1 heterocycles. The Hall–Kier alpha value is -0.0800. The van der Waals surface area contributed by atoms with E-state index in [0.717, 1.165) is 18.5 Å². The Bertz CT molecular complexity index is 242. The van der Waals surface area contributed by atoms with Crippen LogP contribution in [0.3, 0.4) is 0 Å². The Morgan fingerprint density at radius 3 is 2.28 bits per heavy atom. The quantitative estimate of drug-likeness (QED) is 0.826. The molecule has 2 heteroatoms. The Kier molecular flexibility index (Phi) is 5.67. The van der Waals surface area contributed by atoms with Gasteiger partial charge in [0, 0.05) is 31.2 Å². The number of hydrogen-bond donors (Lipinski definition) is 1. The molecule has 1 N–H and O–H groups in total. The van der Waals surface area contributed by atoms with Crippen molar-refractivity contribution in [2.75, 3.05) is 13.1 Å². The van der Waals surface area contributed by atoms with E-state index in [0.29, 0.717) is 17.5 Å². The molecular formula is C16H34N2. The van der Waals surface area contributed by atoms with Crippen LogP contribution in [0.1, 0.15) is 61.3 Å². The van der Waals surface area contributed by atoms with E-state index in [4.69, 9.17) is 0 Å². The van der Waals surface area contributed by atoms with Crippen LogP contribution in [0.2, 0.25) is 0 Å². The molecule has 0 aromatic heterocycles. The summed E-state index contributed by atoms with van der Waals surface area (Å²) in [5, 5.41) is 3.76. The van der Waals surface area contributed by atoms with Crippen molar-refractivity contribution in [2.24, 2.45) is 11.3 Å². The predicted octanol–water partition coefficient (Wildman–Crippen LogP) is 3.52.